The van der Waals surface area contributed by atoms with Gasteiger partial charge in [-0.2, -0.15) is 0 Å². The fourth-order valence-electron chi connectivity index (χ4n) is 2.98. The Morgan fingerprint density at radius 1 is 1.38 bits per heavy atom. The number of rotatable bonds is 4. The van der Waals surface area contributed by atoms with Crippen molar-refractivity contribution in [3.63, 3.8) is 0 Å². The third-order valence-electron chi connectivity index (χ3n) is 4.19. The molecule has 2 atom stereocenters. The minimum atomic E-state index is 0.264. The number of benzene rings is 1. The van der Waals surface area contributed by atoms with Crippen LogP contribution in [0.2, 0.25) is 0 Å². The number of likely N-dealkylation sites (N-methyl/N-ethyl adjacent to an activating group) is 1. The Balaban J connectivity index is 1.64. The lowest BCUT2D eigenvalue weighted by Gasteiger charge is -2.33. The van der Waals surface area contributed by atoms with Gasteiger partial charge in [0, 0.05) is 37.7 Å². The Bertz CT molecular complexity index is 481. The molecule has 2 unspecified atom stereocenters. The minimum absolute atomic E-state index is 0.264. The first-order chi connectivity index (χ1) is 10.3. The topological polar surface area (TPSA) is 43.0 Å². The molecule has 2 aliphatic heterocycles. The number of morpholine rings is 1. The molecule has 21 heavy (non-hydrogen) atoms. The van der Waals surface area contributed by atoms with Gasteiger partial charge in [0.05, 0.1) is 26.4 Å². The van der Waals surface area contributed by atoms with Crippen LogP contribution in [0, 0.1) is 0 Å². The molecule has 116 valence electrons. The van der Waals surface area contributed by atoms with Crippen molar-refractivity contribution in [2.45, 2.75) is 18.6 Å². The fourth-order valence-corrected chi connectivity index (χ4v) is 2.98. The number of nitrogens with zero attached hydrogens (tertiary/aromatic N) is 1. The molecule has 1 N–H and O–H groups in total. The van der Waals surface area contributed by atoms with Crippen molar-refractivity contribution in [1.82, 2.24) is 10.2 Å². The molecule has 0 bridgehead atoms. The first kappa shape index (κ1) is 14.6. The van der Waals surface area contributed by atoms with Crippen molar-refractivity contribution < 1.29 is 14.2 Å². The summed E-state index contributed by atoms with van der Waals surface area (Å²) in [5, 5.41) is 3.63. The number of ether oxygens (including phenoxy) is 3. The van der Waals surface area contributed by atoms with Crippen molar-refractivity contribution in [2.75, 3.05) is 47.0 Å². The monoisotopic (exact) mass is 292 g/mol. The van der Waals surface area contributed by atoms with Crippen LogP contribution < -0.4 is 14.8 Å². The van der Waals surface area contributed by atoms with Crippen molar-refractivity contribution in [3.8, 4) is 11.5 Å². The Labute approximate surface area is 126 Å². The highest BCUT2D eigenvalue weighted by Crippen LogP contribution is 2.34. The maximum atomic E-state index is 5.81. The largest absolute Gasteiger partial charge is 0.497 e. The molecule has 0 saturated carbocycles. The van der Waals surface area contributed by atoms with Gasteiger partial charge in [0.25, 0.3) is 0 Å². The molecular weight excluding hydrogens is 268 g/mol. The standard InChI is InChI=1S/C16H24N2O3/c1-18-6-8-20-13(11-18)10-17-15-5-7-21-16-4-3-12(19-2)9-14(15)16/h3-4,9,13,15,17H,5-8,10-11H2,1-2H3. The zero-order valence-electron chi connectivity index (χ0n) is 12.8. The number of nitrogens with one attached hydrogen (secondary N) is 1. The number of methoxy groups -OCH3 is 1. The van der Waals surface area contributed by atoms with E-state index in [4.69, 9.17) is 14.2 Å². The van der Waals surface area contributed by atoms with E-state index in [0.717, 1.165) is 50.8 Å². The molecule has 3 rings (SSSR count). The van der Waals surface area contributed by atoms with Crippen LogP contribution in [0.4, 0.5) is 0 Å². The van der Waals surface area contributed by atoms with Crippen molar-refractivity contribution in [1.29, 1.82) is 0 Å². The van der Waals surface area contributed by atoms with E-state index in [0.29, 0.717) is 6.04 Å². The van der Waals surface area contributed by atoms with Gasteiger partial charge in [0.2, 0.25) is 0 Å². The normalized spacial score (nSPS) is 26.0. The van der Waals surface area contributed by atoms with Gasteiger partial charge in [-0.25, -0.2) is 0 Å². The molecule has 2 aliphatic rings. The van der Waals surface area contributed by atoms with Crippen LogP contribution >= 0.6 is 0 Å². The molecule has 0 radical (unpaired) electrons. The van der Waals surface area contributed by atoms with E-state index in [1.807, 2.05) is 12.1 Å². The Hall–Kier alpha value is -1.30. The first-order valence-electron chi connectivity index (χ1n) is 7.60. The molecule has 0 aromatic heterocycles. The Morgan fingerprint density at radius 3 is 3.10 bits per heavy atom. The van der Waals surface area contributed by atoms with Crippen molar-refractivity contribution in [2.24, 2.45) is 0 Å². The average molecular weight is 292 g/mol. The summed E-state index contributed by atoms with van der Waals surface area (Å²) in [5.41, 5.74) is 1.18. The maximum Gasteiger partial charge on any atom is 0.124 e. The van der Waals surface area contributed by atoms with Crippen LogP contribution in [0.25, 0.3) is 0 Å². The third-order valence-corrected chi connectivity index (χ3v) is 4.19. The SMILES string of the molecule is COc1ccc2c(c1)C(NCC1CN(C)CCO1)CCO2. The van der Waals surface area contributed by atoms with Crippen LogP contribution in [0.3, 0.4) is 0 Å². The molecule has 1 aromatic rings. The summed E-state index contributed by atoms with van der Waals surface area (Å²) in [6.45, 7) is 4.45. The van der Waals surface area contributed by atoms with E-state index >= 15 is 0 Å². The second-order valence-electron chi connectivity index (χ2n) is 5.76. The lowest BCUT2D eigenvalue weighted by Crippen LogP contribution is -2.45. The molecular formula is C16H24N2O3. The molecule has 0 aliphatic carbocycles. The second kappa shape index (κ2) is 6.64. The van der Waals surface area contributed by atoms with Gasteiger partial charge in [-0.3, -0.25) is 0 Å². The van der Waals surface area contributed by atoms with Crippen molar-refractivity contribution in [3.05, 3.63) is 23.8 Å². The summed E-state index contributed by atoms with van der Waals surface area (Å²) in [4.78, 5) is 2.32. The van der Waals surface area contributed by atoms with E-state index in [-0.39, 0.29) is 6.10 Å². The zero-order valence-corrected chi connectivity index (χ0v) is 12.8. The predicted octanol–water partition coefficient (Wildman–Crippen LogP) is 1.44. The van der Waals surface area contributed by atoms with Gasteiger partial charge in [0.1, 0.15) is 11.5 Å². The fraction of sp³-hybridized carbons (Fsp3) is 0.625. The summed E-state index contributed by atoms with van der Waals surface area (Å²) in [7, 11) is 3.84. The van der Waals surface area contributed by atoms with Crippen LogP contribution in [-0.4, -0.2) is 58.0 Å². The summed E-state index contributed by atoms with van der Waals surface area (Å²) in [5.74, 6) is 1.83. The lowest BCUT2D eigenvalue weighted by atomic mass is 10.00. The third kappa shape index (κ3) is 3.48. The molecule has 2 heterocycles. The molecule has 5 heteroatoms. The summed E-state index contributed by atoms with van der Waals surface area (Å²) in [6.07, 6.45) is 1.24. The smallest absolute Gasteiger partial charge is 0.124 e. The van der Waals surface area contributed by atoms with Gasteiger partial charge < -0.3 is 24.4 Å². The average Bonchev–Trinajstić information content (AvgIpc) is 2.52. The lowest BCUT2D eigenvalue weighted by molar-refractivity contribution is -0.0198. The highest BCUT2D eigenvalue weighted by molar-refractivity contribution is 5.43. The van der Waals surface area contributed by atoms with E-state index in [1.165, 1.54) is 5.56 Å². The molecule has 5 nitrogen and oxygen atoms in total. The molecule has 1 saturated heterocycles. The second-order valence-corrected chi connectivity index (χ2v) is 5.76. The van der Waals surface area contributed by atoms with E-state index in [9.17, 15) is 0 Å². The molecule has 1 aromatic carbocycles. The van der Waals surface area contributed by atoms with Crippen LogP contribution in [0.1, 0.15) is 18.0 Å². The quantitative estimate of drug-likeness (QED) is 0.909. The minimum Gasteiger partial charge on any atom is -0.497 e. The summed E-state index contributed by atoms with van der Waals surface area (Å²) in [6, 6.07) is 6.31. The van der Waals surface area contributed by atoms with Crippen LogP contribution in [0.15, 0.2) is 18.2 Å². The van der Waals surface area contributed by atoms with E-state index in [2.05, 4.69) is 23.3 Å². The van der Waals surface area contributed by atoms with Gasteiger partial charge in [0.15, 0.2) is 0 Å². The highest BCUT2D eigenvalue weighted by Gasteiger charge is 2.24. The maximum absolute atomic E-state index is 5.81. The van der Waals surface area contributed by atoms with E-state index < -0.39 is 0 Å². The molecule has 0 amide bonds. The summed E-state index contributed by atoms with van der Waals surface area (Å²) >= 11 is 0. The van der Waals surface area contributed by atoms with Crippen LogP contribution in [0.5, 0.6) is 11.5 Å². The van der Waals surface area contributed by atoms with Gasteiger partial charge in [-0.05, 0) is 25.2 Å². The Kier molecular flexibility index (Phi) is 4.63. The summed E-state index contributed by atoms with van der Waals surface area (Å²) < 4.78 is 16.9. The van der Waals surface area contributed by atoms with Gasteiger partial charge in [-0.1, -0.05) is 0 Å². The van der Waals surface area contributed by atoms with E-state index in [1.54, 1.807) is 7.11 Å². The number of fused-ring (bicyclic) bond motifs is 1. The molecule has 0 spiro atoms. The number of hydrogen-bond donors (Lipinski definition) is 1. The molecule has 1 fully saturated rings. The Morgan fingerprint density at radius 2 is 2.29 bits per heavy atom. The van der Waals surface area contributed by atoms with Gasteiger partial charge in [-0.15, -0.1) is 0 Å². The first-order valence-corrected chi connectivity index (χ1v) is 7.60. The highest BCUT2D eigenvalue weighted by atomic mass is 16.5. The number of hydrogen-bond acceptors (Lipinski definition) is 5. The van der Waals surface area contributed by atoms with Gasteiger partial charge >= 0.3 is 0 Å². The van der Waals surface area contributed by atoms with Crippen LogP contribution in [-0.2, 0) is 4.74 Å². The zero-order chi connectivity index (χ0) is 14.7. The predicted molar refractivity (Wildman–Crippen MR) is 81.1 cm³/mol. The van der Waals surface area contributed by atoms with Crippen molar-refractivity contribution >= 4 is 0 Å².